The van der Waals surface area contributed by atoms with Gasteiger partial charge in [-0.15, -0.1) is 0 Å². The van der Waals surface area contributed by atoms with Crippen LogP contribution in [-0.4, -0.2) is 51.6 Å². The molecule has 2 rings (SSSR count). The van der Waals surface area contributed by atoms with Gasteiger partial charge < -0.3 is 15.4 Å². The molecule has 0 amide bonds. The van der Waals surface area contributed by atoms with Gasteiger partial charge in [-0.2, -0.15) is 0 Å². The van der Waals surface area contributed by atoms with E-state index >= 15 is 0 Å². The fraction of sp³-hybridized carbons (Fsp3) is 0.727. The second kappa shape index (κ2) is 5.45. The molecule has 0 bridgehead atoms. The third kappa shape index (κ3) is 2.68. The van der Waals surface area contributed by atoms with Crippen molar-refractivity contribution in [3.63, 3.8) is 0 Å². The fourth-order valence-corrected chi connectivity index (χ4v) is 2.32. The molecule has 7 nitrogen and oxygen atoms in total. The summed E-state index contributed by atoms with van der Waals surface area (Å²) in [5.41, 5.74) is 0. The van der Waals surface area contributed by atoms with E-state index in [9.17, 15) is 10.1 Å². The highest BCUT2D eigenvalue weighted by Gasteiger charge is 2.21. The molecule has 0 radical (unpaired) electrons. The van der Waals surface area contributed by atoms with E-state index in [4.69, 9.17) is 0 Å². The van der Waals surface area contributed by atoms with Crippen molar-refractivity contribution in [2.45, 2.75) is 26.4 Å². The van der Waals surface area contributed by atoms with Gasteiger partial charge in [0, 0.05) is 39.1 Å². The fourth-order valence-electron chi connectivity index (χ4n) is 2.32. The zero-order valence-electron chi connectivity index (χ0n) is 10.8. The van der Waals surface area contributed by atoms with Crippen LogP contribution in [0.2, 0.25) is 0 Å². The van der Waals surface area contributed by atoms with Gasteiger partial charge in [0.25, 0.3) is 0 Å². The van der Waals surface area contributed by atoms with Crippen LogP contribution in [0.5, 0.6) is 0 Å². The van der Waals surface area contributed by atoms with Crippen molar-refractivity contribution in [3.05, 3.63) is 22.1 Å². The number of nitrogens with one attached hydrogen (secondary N) is 1. The van der Waals surface area contributed by atoms with Gasteiger partial charge in [-0.05, 0) is 11.8 Å². The van der Waals surface area contributed by atoms with Gasteiger partial charge in [0.1, 0.15) is 12.7 Å². The summed E-state index contributed by atoms with van der Waals surface area (Å²) in [6, 6.07) is 0.474. The first-order chi connectivity index (χ1) is 8.59. The molecule has 18 heavy (non-hydrogen) atoms. The van der Waals surface area contributed by atoms with Gasteiger partial charge in [-0.3, -0.25) is 4.90 Å². The van der Waals surface area contributed by atoms with Crippen LogP contribution < -0.4 is 5.32 Å². The number of rotatable bonds is 4. The van der Waals surface area contributed by atoms with E-state index in [-0.39, 0.29) is 10.7 Å². The molecule has 1 fully saturated rings. The lowest BCUT2D eigenvalue weighted by atomic mass is 10.2. The number of nitrogens with zero attached hydrogens (tertiary/aromatic N) is 4. The smallest absolute Gasteiger partial charge is 0.342 e. The highest BCUT2D eigenvalue weighted by atomic mass is 16.6. The van der Waals surface area contributed by atoms with Crippen LogP contribution in [0.4, 0.5) is 5.82 Å². The predicted molar refractivity (Wildman–Crippen MR) is 67.5 cm³/mol. The molecule has 1 aromatic rings. The summed E-state index contributed by atoms with van der Waals surface area (Å²) in [6.07, 6.45) is 1.33. The van der Waals surface area contributed by atoms with Crippen LogP contribution in [-0.2, 0) is 6.54 Å². The molecule has 100 valence electrons. The van der Waals surface area contributed by atoms with Crippen molar-refractivity contribution in [3.8, 4) is 0 Å². The van der Waals surface area contributed by atoms with Crippen LogP contribution in [0.3, 0.4) is 0 Å². The first-order valence-corrected chi connectivity index (χ1v) is 6.21. The molecule has 1 aliphatic heterocycles. The first-order valence-electron chi connectivity index (χ1n) is 6.21. The maximum absolute atomic E-state index is 10.9. The highest BCUT2D eigenvalue weighted by molar-refractivity contribution is 5.18. The number of aryl methyl sites for hydroxylation is 1. The molecule has 1 aromatic heterocycles. The lowest BCUT2D eigenvalue weighted by Gasteiger charge is -2.33. The van der Waals surface area contributed by atoms with Gasteiger partial charge in [-0.25, -0.2) is 9.55 Å². The summed E-state index contributed by atoms with van der Waals surface area (Å²) in [7, 11) is 0. The van der Waals surface area contributed by atoms with E-state index in [0.29, 0.717) is 18.4 Å². The minimum Gasteiger partial charge on any atom is -0.358 e. The molecule has 1 aliphatic rings. The van der Waals surface area contributed by atoms with E-state index in [1.54, 1.807) is 11.5 Å². The lowest BCUT2D eigenvalue weighted by Crippen LogP contribution is -2.50. The van der Waals surface area contributed by atoms with Crippen LogP contribution in [0, 0.1) is 17.0 Å². The average Bonchev–Trinajstić information content (AvgIpc) is 2.70. The Hall–Kier alpha value is -1.47. The summed E-state index contributed by atoms with van der Waals surface area (Å²) in [5, 5.41) is 14.2. The molecule has 2 heterocycles. The van der Waals surface area contributed by atoms with Gasteiger partial charge in [-0.1, -0.05) is 0 Å². The van der Waals surface area contributed by atoms with Crippen molar-refractivity contribution in [2.24, 2.45) is 0 Å². The zero-order valence-corrected chi connectivity index (χ0v) is 10.8. The SMILES string of the molecule is Cc1ncc([N+](=O)[O-])n1CCN1CCNC[C@H]1C. The van der Waals surface area contributed by atoms with Crippen molar-refractivity contribution in [1.29, 1.82) is 0 Å². The van der Waals surface area contributed by atoms with Gasteiger partial charge in [0.05, 0.1) is 0 Å². The summed E-state index contributed by atoms with van der Waals surface area (Å²) in [5.74, 6) is 0.778. The number of imidazole rings is 1. The van der Waals surface area contributed by atoms with Gasteiger partial charge in [0.15, 0.2) is 5.82 Å². The van der Waals surface area contributed by atoms with Crippen molar-refractivity contribution in [2.75, 3.05) is 26.2 Å². The normalized spacial score (nSPS) is 21.1. The Morgan fingerprint density at radius 1 is 1.61 bits per heavy atom. The maximum atomic E-state index is 10.9. The minimum atomic E-state index is -0.374. The molecule has 1 N–H and O–H groups in total. The van der Waals surface area contributed by atoms with Crippen LogP contribution in [0.15, 0.2) is 6.20 Å². The first kappa shape index (κ1) is 13.0. The molecule has 1 saturated heterocycles. The Morgan fingerprint density at radius 2 is 2.39 bits per heavy atom. The van der Waals surface area contributed by atoms with E-state index < -0.39 is 0 Å². The van der Waals surface area contributed by atoms with E-state index in [1.807, 2.05) is 0 Å². The number of hydrogen-bond acceptors (Lipinski definition) is 5. The molecule has 0 saturated carbocycles. The molecular weight excluding hydrogens is 234 g/mol. The number of aromatic nitrogens is 2. The van der Waals surface area contributed by atoms with Crippen LogP contribution >= 0.6 is 0 Å². The third-order valence-electron chi connectivity index (χ3n) is 3.47. The Kier molecular flexibility index (Phi) is 3.93. The Morgan fingerprint density at radius 3 is 3.06 bits per heavy atom. The molecule has 0 aliphatic carbocycles. The minimum absolute atomic E-state index is 0.0790. The number of piperazine rings is 1. The van der Waals surface area contributed by atoms with Crippen molar-refractivity contribution >= 4 is 5.82 Å². The topological polar surface area (TPSA) is 76.2 Å². The Bertz CT molecular complexity index is 431. The van der Waals surface area contributed by atoms with Crippen molar-refractivity contribution < 1.29 is 4.92 Å². The van der Waals surface area contributed by atoms with Gasteiger partial charge in [0.2, 0.25) is 0 Å². The lowest BCUT2D eigenvalue weighted by molar-refractivity contribution is -0.392. The summed E-state index contributed by atoms with van der Waals surface area (Å²) in [4.78, 5) is 16.9. The molecule has 0 unspecified atom stereocenters. The second-order valence-electron chi connectivity index (χ2n) is 4.66. The van der Waals surface area contributed by atoms with Crippen LogP contribution in [0.1, 0.15) is 12.7 Å². The van der Waals surface area contributed by atoms with E-state index in [1.165, 1.54) is 6.20 Å². The monoisotopic (exact) mass is 253 g/mol. The maximum Gasteiger partial charge on any atom is 0.342 e. The summed E-state index contributed by atoms with van der Waals surface area (Å²) < 4.78 is 1.68. The van der Waals surface area contributed by atoms with Gasteiger partial charge >= 0.3 is 5.82 Å². The zero-order chi connectivity index (χ0) is 13.1. The van der Waals surface area contributed by atoms with Crippen LogP contribution in [0.25, 0.3) is 0 Å². The average molecular weight is 253 g/mol. The molecule has 7 heteroatoms. The quantitative estimate of drug-likeness (QED) is 0.620. The standard InChI is InChI=1S/C11H19N5O2/c1-9-7-12-3-4-14(9)5-6-15-10(2)13-8-11(15)16(17)18/h8-9,12H,3-7H2,1-2H3/t9-/m1/s1. The number of nitro groups is 1. The highest BCUT2D eigenvalue weighted by Crippen LogP contribution is 2.14. The third-order valence-corrected chi connectivity index (χ3v) is 3.47. The van der Waals surface area contributed by atoms with E-state index in [0.717, 1.165) is 26.2 Å². The molecule has 0 spiro atoms. The van der Waals surface area contributed by atoms with Crippen molar-refractivity contribution in [1.82, 2.24) is 19.8 Å². The second-order valence-corrected chi connectivity index (χ2v) is 4.66. The Labute approximate surface area is 106 Å². The largest absolute Gasteiger partial charge is 0.358 e. The predicted octanol–water partition coefficient (Wildman–Crippen LogP) is 0.393. The summed E-state index contributed by atoms with van der Waals surface area (Å²) >= 11 is 0. The molecular formula is C11H19N5O2. The van der Waals surface area contributed by atoms with E-state index in [2.05, 4.69) is 22.1 Å². The summed E-state index contributed by atoms with van der Waals surface area (Å²) in [6.45, 7) is 8.35. The molecule has 1 atom stereocenters. The Balaban J connectivity index is 2.01. The molecule has 0 aromatic carbocycles. The number of hydrogen-bond donors (Lipinski definition) is 1.